The summed E-state index contributed by atoms with van der Waals surface area (Å²) in [5, 5.41) is 11.1. The maximum absolute atomic E-state index is 11.9. The van der Waals surface area contributed by atoms with Crippen molar-refractivity contribution in [3.63, 3.8) is 0 Å². The van der Waals surface area contributed by atoms with Crippen molar-refractivity contribution in [2.75, 3.05) is 17.7 Å². The quantitative estimate of drug-likeness (QED) is 0.557. The molecular formula is C14H16BrN3O2S2. The Balaban J connectivity index is 1.83. The summed E-state index contributed by atoms with van der Waals surface area (Å²) < 4.78 is 7.18. The number of ether oxygens (including phenoxy) is 1. The number of aromatic nitrogens is 2. The standard InChI is InChI=1S/C14H16BrN3O2S2/c1-3-6-21-14-18-17-13(22-14)16-12(19)8-20-11-5-4-9(2)7-10(11)15/h4-5,7H,3,6,8H2,1-2H3,(H,16,17,19). The van der Waals surface area contributed by atoms with Crippen molar-refractivity contribution in [2.24, 2.45) is 0 Å². The average Bonchev–Trinajstić information content (AvgIpc) is 2.91. The third-order valence-corrected chi connectivity index (χ3v) is 5.33. The van der Waals surface area contributed by atoms with E-state index in [1.807, 2.05) is 25.1 Å². The Hall–Kier alpha value is -1.12. The predicted molar refractivity (Wildman–Crippen MR) is 93.9 cm³/mol. The lowest BCUT2D eigenvalue weighted by atomic mass is 10.2. The van der Waals surface area contributed by atoms with Crippen LogP contribution in [0.1, 0.15) is 18.9 Å². The average molecular weight is 402 g/mol. The molecule has 1 heterocycles. The molecule has 1 aromatic carbocycles. The number of nitrogens with zero attached hydrogens (tertiary/aromatic N) is 2. The van der Waals surface area contributed by atoms with Gasteiger partial charge in [0.25, 0.3) is 5.91 Å². The maximum atomic E-state index is 11.9. The second kappa shape index (κ2) is 8.50. The van der Waals surface area contributed by atoms with Crippen LogP contribution in [0, 0.1) is 6.92 Å². The molecule has 1 N–H and O–H groups in total. The van der Waals surface area contributed by atoms with Crippen LogP contribution in [-0.4, -0.2) is 28.5 Å². The zero-order chi connectivity index (χ0) is 15.9. The van der Waals surface area contributed by atoms with E-state index in [-0.39, 0.29) is 12.5 Å². The smallest absolute Gasteiger partial charge is 0.264 e. The molecule has 118 valence electrons. The van der Waals surface area contributed by atoms with Gasteiger partial charge in [-0.25, -0.2) is 0 Å². The summed E-state index contributed by atoms with van der Waals surface area (Å²) in [6.45, 7) is 4.03. The second-order valence-electron chi connectivity index (χ2n) is 4.49. The number of amides is 1. The number of nitrogens with one attached hydrogen (secondary N) is 1. The molecule has 0 radical (unpaired) electrons. The Bertz CT molecular complexity index is 649. The van der Waals surface area contributed by atoms with Gasteiger partial charge in [0, 0.05) is 5.75 Å². The van der Waals surface area contributed by atoms with Crippen LogP contribution >= 0.6 is 39.0 Å². The molecule has 0 bridgehead atoms. The fraction of sp³-hybridized carbons (Fsp3) is 0.357. The van der Waals surface area contributed by atoms with Gasteiger partial charge in [-0.05, 0) is 47.0 Å². The molecule has 1 aromatic heterocycles. The van der Waals surface area contributed by atoms with Gasteiger partial charge < -0.3 is 4.74 Å². The van der Waals surface area contributed by atoms with E-state index in [9.17, 15) is 4.79 Å². The van der Waals surface area contributed by atoms with Crippen LogP contribution < -0.4 is 10.1 Å². The summed E-state index contributed by atoms with van der Waals surface area (Å²) in [5.74, 6) is 1.38. The molecule has 0 fully saturated rings. The van der Waals surface area contributed by atoms with Gasteiger partial charge in [0.05, 0.1) is 4.47 Å². The zero-order valence-electron chi connectivity index (χ0n) is 12.3. The first-order valence-electron chi connectivity index (χ1n) is 6.73. The summed E-state index contributed by atoms with van der Waals surface area (Å²) in [5.41, 5.74) is 1.12. The number of carbonyl (C=O) groups excluding carboxylic acids is 1. The minimum absolute atomic E-state index is 0.0708. The third kappa shape index (κ3) is 5.26. The van der Waals surface area contributed by atoms with Crippen molar-refractivity contribution >= 4 is 50.1 Å². The van der Waals surface area contributed by atoms with Crippen LogP contribution in [0.25, 0.3) is 0 Å². The summed E-state index contributed by atoms with van der Waals surface area (Å²) in [6.07, 6.45) is 1.07. The largest absolute Gasteiger partial charge is 0.483 e. The van der Waals surface area contributed by atoms with Gasteiger partial charge >= 0.3 is 0 Å². The molecule has 0 unspecified atom stereocenters. The highest BCUT2D eigenvalue weighted by Gasteiger charge is 2.10. The van der Waals surface area contributed by atoms with E-state index in [0.29, 0.717) is 10.9 Å². The van der Waals surface area contributed by atoms with Gasteiger partial charge in [0.1, 0.15) is 5.75 Å². The number of halogens is 1. The molecule has 22 heavy (non-hydrogen) atoms. The first-order valence-corrected chi connectivity index (χ1v) is 9.33. The minimum Gasteiger partial charge on any atom is -0.483 e. The molecule has 1 amide bonds. The lowest BCUT2D eigenvalue weighted by Crippen LogP contribution is -2.20. The Morgan fingerprint density at radius 3 is 3.00 bits per heavy atom. The number of aryl methyl sites for hydroxylation is 1. The van der Waals surface area contributed by atoms with Crippen molar-refractivity contribution < 1.29 is 9.53 Å². The molecule has 0 atom stereocenters. The Morgan fingerprint density at radius 2 is 2.27 bits per heavy atom. The number of rotatable bonds is 7. The maximum Gasteiger partial charge on any atom is 0.264 e. The van der Waals surface area contributed by atoms with E-state index in [1.165, 1.54) is 11.3 Å². The van der Waals surface area contributed by atoms with E-state index in [2.05, 4.69) is 38.4 Å². The highest BCUT2D eigenvalue weighted by atomic mass is 79.9. The predicted octanol–water partition coefficient (Wildman–Crippen LogP) is 4.13. The molecule has 2 rings (SSSR count). The molecule has 0 saturated carbocycles. The topological polar surface area (TPSA) is 64.1 Å². The molecule has 0 aliphatic rings. The fourth-order valence-electron chi connectivity index (χ4n) is 1.53. The SMILES string of the molecule is CCCSc1nnc(NC(=O)COc2ccc(C)cc2Br)s1. The molecule has 0 spiro atoms. The number of hydrogen-bond acceptors (Lipinski definition) is 6. The number of anilines is 1. The summed E-state index contributed by atoms with van der Waals surface area (Å²) in [6, 6.07) is 5.70. The number of thioether (sulfide) groups is 1. The minimum atomic E-state index is -0.254. The van der Waals surface area contributed by atoms with Crippen molar-refractivity contribution in [1.82, 2.24) is 10.2 Å². The van der Waals surface area contributed by atoms with Crippen molar-refractivity contribution in [3.05, 3.63) is 28.2 Å². The van der Waals surface area contributed by atoms with Crippen LogP contribution in [0.2, 0.25) is 0 Å². The number of benzene rings is 1. The second-order valence-corrected chi connectivity index (χ2v) is 7.67. The molecule has 0 saturated heterocycles. The highest BCUT2D eigenvalue weighted by molar-refractivity contribution is 9.10. The van der Waals surface area contributed by atoms with Gasteiger partial charge in [-0.2, -0.15) is 0 Å². The first kappa shape index (κ1) is 17.2. The molecular weight excluding hydrogens is 386 g/mol. The van der Waals surface area contributed by atoms with Gasteiger partial charge in [0.2, 0.25) is 5.13 Å². The monoisotopic (exact) mass is 401 g/mol. The summed E-state index contributed by atoms with van der Waals surface area (Å²) in [7, 11) is 0. The number of carbonyl (C=O) groups is 1. The zero-order valence-corrected chi connectivity index (χ0v) is 15.5. The van der Waals surface area contributed by atoms with Crippen molar-refractivity contribution in [2.45, 2.75) is 24.6 Å². The van der Waals surface area contributed by atoms with Gasteiger partial charge in [-0.3, -0.25) is 10.1 Å². The van der Waals surface area contributed by atoms with E-state index < -0.39 is 0 Å². The molecule has 0 aliphatic heterocycles. The van der Waals surface area contributed by atoms with Crippen LogP contribution in [-0.2, 0) is 4.79 Å². The van der Waals surface area contributed by atoms with Gasteiger partial charge in [-0.15, -0.1) is 10.2 Å². The van der Waals surface area contributed by atoms with Crippen LogP contribution in [0.3, 0.4) is 0 Å². The van der Waals surface area contributed by atoms with E-state index in [1.54, 1.807) is 11.8 Å². The van der Waals surface area contributed by atoms with Gasteiger partial charge in [-0.1, -0.05) is 36.1 Å². The van der Waals surface area contributed by atoms with E-state index >= 15 is 0 Å². The number of hydrogen-bond donors (Lipinski definition) is 1. The van der Waals surface area contributed by atoms with E-state index in [4.69, 9.17) is 4.74 Å². The van der Waals surface area contributed by atoms with Crippen molar-refractivity contribution in [1.29, 1.82) is 0 Å². The molecule has 2 aromatic rings. The highest BCUT2D eigenvalue weighted by Crippen LogP contribution is 2.27. The summed E-state index contributed by atoms with van der Waals surface area (Å²) in [4.78, 5) is 11.9. The van der Waals surface area contributed by atoms with Crippen LogP contribution in [0.5, 0.6) is 5.75 Å². The Morgan fingerprint density at radius 1 is 1.45 bits per heavy atom. The lowest BCUT2D eigenvalue weighted by Gasteiger charge is -2.08. The summed E-state index contributed by atoms with van der Waals surface area (Å²) >= 11 is 6.42. The van der Waals surface area contributed by atoms with Crippen LogP contribution in [0.4, 0.5) is 5.13 Å². The van der Waals surface area contributed by atoms with Gasteiger partial charge in [0.15, 0.2) is 10.9 Å². The Kier molecular flexibility index (Phi) is 6.66. The van der Waals surface area contributed by atoms with Crippen molar-refractivity contribution in [3.8, 4) is 5.75 Å². The molecule has 8 heteroatoms. The Labute approximate surface area is 146 Å². The third-order valence-electron chi connectivity index (χ3n) is 2.53. The van der Waals surface area contributed by atoms with E-state index in [0.717, 1.165) is 26.5 Å². The normalized spacial score (nSPS) is 10.5. The van der Waals surface area contributed by atoms with Crippen LogP contribution in [0.15, 0.2) is 27.0 Å². The first-order chi connectivity index (χ1) is 10.6. The lowest BCUT2D eigenvalue weighted by molar-refractivity contribution is -0.118. The molecule has 5 nitrogen and oxygen atoms in total. The fourth-order valence-corrected chi connectivity index (χ4v) is 3.83. The molecule has 0 aliphatic carbocycles.